The average Bonchev–Trinajstić information content (AvgIpc) is 2.79. The van der Waals surface area contributed by atoms with Gasteiger partial charge in [0.2, 0.25) is 0 Å². The molecular weight excluding hydrogens is 380 g/mol. The molecule has 0 spiro atoms. The first-order valence-electron chi connectivity index (χ1n) is 10.7. The van der Waals surface area contributed by atoms with Crippen LogP contribution in [0.15, 0.2) is 54.6 Å². The fourth-order valence-electron chi connectivity index (χ4n) is 3.57. The van der Waals surface area contributed by atoms with E-state index in [1.807, 2.05) is 42.5 Å². The molecule has 0 radical (unpaired) electrons. The van der Waals surface area contributed by atoms with E-state index in [0.717, 1.165) is 57.3 Å². The van der Waals surface area contributed by atoms with E-state index in [9.17, 15) is 5.11 Å². The summed E-state index contributed by atoms with van der Waals surface area (Å²) in [5.74, 6) is 0.855. The molecule has 1 atom stereocenters. The standard InChI is InChI=1S/C24H34N2O4/c1-28-24-9-7-21(8-10-24)17-26(12-11-25-13-15-29-16-14-25)18-23(27)20-30-19-22-5-3-2-4-6-22/h2-10,23,27H,11-20H2,1H3. The van der Waals surface area contributed by atoms with Crippen LogP contribution >= 0.6 is 0 Å². The maximum atomic E-state index is 10.6. The van der Waals surface area contributed by atoms with Crippen molar-refractivity contribution in [1.29, 1.82) is 0 Å². The Morgan fingerprint density at radius 3 is 2.47 bits per heavy atom. The van der Waals surface area contributed by atoms with E-state index in [1.54, 1.807) is 7.11 Å². The van der Waals surface area contributed by atoms with Gasteiger partial charge in [0.05, 0.1) is 39.6 Å². The monoisotopic (exact) mass is 414 g/mol. The molecule has 0 aromatic heterocycles. The summed E-state index contributed by atoms with van der Waals surface area (Å²) in [6.07, 6.45) is -0.531. The molecule has 1 heterocycles. The normalized spacial score (nSPS) is 16.0. The topological polar surface area (TPSA) is 54.4 Å². The van der Waals surface area contributed by atoms with Crippen LogP contribution in [0.2, 0.25) is 0 Å². The van der Waals surface area contributed by atoms with Crippen LogP contribution in [0.4, 0.5) is 0 Å². The predicted octanol–water partition coefficient (Wildman–Crippen LogP) is 2.41. The van der Waals surface area contributed by atoms with Crippen molar-refractivity contribution in [3.8, 4) is 5.75 Å². The van der Waals surface area contributed by atoms with Crippen LogP contribution < -0.4 is 4.74 Å². The minimum Gasteiger partial charge on any atom is -0.497 e. The summed E-state index contributed by atoms with van der Waals surface area (Å²) in [5.41, 5.74) is 2.32. The first-order valence-corrected chi connectivity index (χ1v) is 10.7. The molecule has 0 saturated carbocycles. The van der Waals surface area contributed by atoms with Gasteiger partial charge in [-0.3, -0.25) is 9.80 Å². The van der Waals surface area contributed by atoms with Gasteiger partial charge in [-0.1, -0.05) is 42.5 Å². The number of benzene rings is 2. The second-order valence-corrected chi connectivity index (χ2v) is 7.69. The van der Waals surface area contributed by atoms with Crippen molar-refractivity contribution in [2.45, 2.75) is 19.3 Å². The Labute approximate surface area is 180 Å². The number of hydrogen-bond donors (Lipinski definition) is 1. The third-order valence-electron chi connectivity index (χ3n) is 5.29. The highest BCUT2D eigenvalue weighted by atomic mass is 16.5. The molecule has 1 N–H and O–H groups in total. The fourth-order valence-corrected chi connectivity index (χ4v) is 3.57. The zero-order chi connectivity index (χ0) is 21.0. The summed E-state index contributed by atoms with van der Waals surface area (Å²) in [5, 5.41) is 10.6. The number of ether oxygens (including phenoxy) is 3. The van der Waals surface area contributed by atoms with E-state index in [2.05, 4.69) is 21.9 Å². The summed E-state index contributed by atoms with van der Waals surface area (Å²) >= 11 is 0. The van der Waals surface area contributed by atoms with E-state index in [4.69, 9.17) is 14.2 Å². The van der Waals surface area contributed by atoms with E-state index < -0.39 is 6.10 Å². The Balaban J connectivity index is 1.50. The summed E-state index contributed by atoms with van der Waals surface area (Å²) in [4.78, 5) is 4.72. The molecule has 1 fully saturated rings. The number of rotatable bonds is 12. The van der Waals surface area contributed by atoms with Crippen molar-refractivity contribution in [3.05, 3.63) is 65.7 Å². The van der Waals surface area contributed by atoms with Gasteiger partial charge in [0, 0.05) is 39.3 Å². The van der Waals surface area contributed by atoms with Gasteiger partial charge in [0.1, 0.15) is 5.75 Å². The second-order valence-electron chi connectivity index (χ2n) is 7.69. The van der Waals surface area contributed by atoms with Crippen molar-refractivity contribution in [1.82, 2.24) is 9.80 Å². The minimum atomic E-state index is -0.531. The molecule has 0 amide bonds. The summed E-state index contributed by atoms with van der Waals surface area (Å²) < 4.78 is 16.4. The average molecular weight is 415 g/mol. The SMILES string of the molecule is COc1ccc(CN(CCN2CCOCC2)CC(O)COCc2ccccc2)cc1. The molecule has 3 rings (SSSR count). The molecule has 2 aromatic rings. The van der Waals surface area contributed by atoms with E-state index in [0.29, 0.717) is 19.8 Å². The van der Waals surface area contributed by atoms with Gasteiger partial charge in [-0.05, 0) is 23.3 Å². The zero-order valence-electron chi connectivity index (χ0n) is 17.9. The number of aliphatic hydroxyl groups excluding tert-OH is 1. The van der Waals surface area contributed by atoms with Crippen LogP contribution in [0.5, 0.6) is 5.75 Å². The third-order valence-corrected chi connectivity index (χ3v) is 5.29. The molecule has 30 heavy (non-hydrogen) atoms. The van der Waals surface area contributed by atoms with Gasteiger partial charge in [-0.25, -0.2) is 0 Å². The lowest BCUT2D eigenvalue weighted by Gasteiger charge is -2.31. The summed E-state index contributed by atoms with van der Waals surface area (Å²) in [7, 11) is 1.68. The maximum absolute atomic E-state index is 10.6. The van der Waals surface area contributed by atoms with Crippen molar-refractivity contribution in [3.63, 3.8) is 0 Å². The zero-order valence-corrected chi connectivity index (χ0v) is 17.9. The Kier molecular flexibility index (Phi) is 9.60. The largest absolute Gasteiger partial charge is 0.497 e. The lowest BCUT2D eigenvalue weighted by molar-refractivity contribution is 0.00211. The minimum absolute atomic E-state index is 0.325. The molecule has 6 nitrogen and oxygen atoms in total. The Morgan fingerprint density at radius 1 is 1.03 bits per heavy atom. The van der Waals surface area contributed by atoms with Gasteiger partial charge < -0.3 is 19.3 Å². The molecule has 2 aromatic carbocycles. The van der Waals surface area contributed by atoms with Crippen LogP contribution in [0.3, 0.4) is 0 Å². The van der Waals surface area contributed by atoms with Crippen molar-refractivity contribution in [2.75, 3.05) is 59.7 Å². The van der Waals surface area contributed by atoms with Crippen LogP contribution in [-0.4, -0.2) is 80.7 Å². The second kappa shape index (κ2) is 12.7. The number of aliphatic hydroxyl groups is 1. The quantitative estimate of drug-likeness (QED) is 0.576. The summed E-state index contributed by atoms with van der Waals surface area (Å²) in [6, 6.07) is 18.2. The van der Waals surface area contributed by atoms with Gasteiger partial charge in [0.15, 0.2) is 0 Å². The van der Waals surface area contributed by atoms with Crippen LogP contribution in [-0.2, 0) is 22.6 Å². The molecule has 6 heteroatoms. The number of methoxy groups -OCH3 is 1. The summed E-state index contributed by atoms with van der Waals surface area (Å²) in [6.45, 7) is 7.60. The molecule has 1 saturated heterocycles. The Bertz CT molecular complexity index is 705. The van der Waals surface area contributed by atoms with Crippen LogP contribution in [0, 0.1) is 0 Å². The van der Waals surface area contributed by atoms with Crippen molar-refractivity contribution >= 4 is 0 Å². The highest BCUT2D eigenvalue weighted by Crippen LogP contribution is 2.14. The van der Waals surface area contributed by atoms with Crippen LogP contribution in [0.25, 0.3) is 0 Å². The third kappa shape index (κ3) is 8.05. The van der Waals surface area contributed by atoms with E-state index in [-0.39, 0.29) is 0 Å². The Morgan fingerprint density at radius 2 is 1.77 bits per heavy atom. The van der Waals surface area contributed by atoms with Gasteiger partial charge in [0.25, 0.3) is 0 Å². The smallest absolute Gasteiger partial charge is 0.118 e. The highest BCUT2D eigenvalue weighted by molar-refractivity contribution is 5.27. The molecule has 0 bridgehead atoms. The lowest BCUT2D eigenvalue weighted by Crippen LogP contribution is -2.43. The van der Waals surface area contributed by atoms with E-state index >= 15 is 0 Å². The van der Waals surface area contributed by atoms with Crippen molar-refractivity contribution < 1.29 is 19.3 Å². The highest BCUT2D eigenvalue weighted by Gasteiger charge is 2.16. The van der Waals surface area contributed by atoms with Gasteiger partial charge in [-0.15, -0.1) is 0 Å². The predicted molar refractivity (Wildman–Crippen MR) is 118 cm³/mol. The maximum Gasteiger partial charge on any atom is 0.118 e. The first-order chi connectivity index (χ1) is 14.7. The number of nitrogens with zero attached hydrogens (tertiary/aromatic N) is 2. The molecule has 0 aliphatic carbocycles. The number of morpholine rings is 1. The van der Waals surface area contributed by atoms with Crippen molar-refractivity contribution in [2.24, 2.45) is 0 Å². The molecule has 1 aliphatic rings. The molecular formula is C24H34N2O4. The molecule has 164 valence electrons. The van der Waals surface area contributed by atoms with E-state index in [1.165, 1.54) is 5.56 Å². The van der Waals surface area contributed by atoms with Gasteiger partial charge in [-0.2, -0.15) is 0 Å². The number of hydrogen-bond acceptors (Lipinski definition) is 6. The molecule has 1 unspecified atom stereocenters. The fraction of sp³-hybridized carbons (Fsp3) is 0.500. The first kappa shape index (κ1) is 22.7. The lowest BCUT2D eigenvalue weighted by atomic mass is 10.2. The van der Waals surface area contributed by atoms with Gasteiger partial charge >= 0.3 is 0 Å². The van der Waals surface area contributed by atoms with Crippen LogP contribution in [0.1, 0.15) is 11.1 Å². The Hall–Kier alpha value is -1.96. The molecule has 1 aliphatic heterocycles.